The number of nitrogens with zero attached hydrogens (tertiary/aromatic N) is 2. The second-order valence-electron chi connectivity index (χ2n) is 7.34. The van der Waals surface area contributed by atoms with Gasteiger partial charge in [0, 0.05) is 19.0 Å². The lowest BCUT2D eigenvalue weighted by atomic mass is 10.1. The number of rotatable bonds is 7. The van der Waals surface area contributed by atoms with Gasteiger partial charge in [0.05, 0.1) is 11.1 Å². The van der Waals surface area contributed by atoms with E-state index in [-0.39, 0.29) is 28.3 Å². The molecule has 0 aliphatic rings. The fraction of sp³-hybridized carbons (Fsp3) is 0.304. The zero-order chi connectivity index (χ0) is 24.2. The second-order valence-corrected chi connectivity index (χ2v) is 7.34. The minimum Gasteiger partial charge on any atom is -0.455 e. The number of aromatic nitrogens is 1. The summed E-state index contributed by atoms with van der Waals surface area (Å²) >= 11 is 0. The maximum absolute atomic E-state index is 13.6. The Hall–Kier alpha value is -3.53. The molecule has 0 bridgehead atoms. The predicted molar refractivity (Wildman–Crippen MR) is 121 cm³/mol. The summed E-state index contributed by atoms with van der Waals surface area (Å²) < 4.78 is 46.5. The van der Waals surface area contributed by atoms with Gasteiger partial charge >= 0.3 is 6.18 Å². The van der Waals surface area contributed by atoms with Gasteiger partial charge in [-0.15, -0.1) is 0 Å². The average Bonchev–Trinajstić information content (AvgIpc) is 3.23. The fourth-order valence-electron chi connectivity index (χ4n) is 3.36. The van der Waals surface area contributed by atoms with E-state index >= 15 is 0 Å². The summed E-state index contributed by atoms with van der Waals surface area (Å²) in [5, 5.41) is 2.29. The van der Waals surface area contributed by atoms with Gasteiger partial charge in [-0.1, -0.05) is 26.0 Å². The first-order chi connectivity index (χ1) is 15.7. The van der Waals surface area contributed by atoms with Crippen LogP contribution in [0.4, 0.5) is 13.2 Å². The number of fused-ring (bicyclic) bond motifs is 1. The largest absolute Gasteiger partial charge is 0.455 e. The summed E-state index contributed by atoms with van der Waals surface area (Å²) in [6.07, 6.45) is -4.61. The number of amides is 1. The predicted octanol–water partition coefficient (Wildman–Crippen LogP) is 4.50. The molecule has 0 radical (unpaired) electrons. The lowest BCUT2D eigenvalue weighted by Gasteiger charge is -2.18. The lowest BCUT2D eigenvalue weighted by Crippen LogP contribution is -2.28. The number of halogens is 3. The minimum absolute atomic E-state index is 0.0404. The van der Waals surface area contributed by atoms with Crippen molar-refractivity contribution in [3.63, 3.8) is 0 Å². The van der Waals surface area contributed by atoms with Crippen LogP contribution in [0.1, 0.15) is 35.5 Å². The highest BCUT2D eigenvalue weighted by Crippen LogP contribution is 2.40. The smallest absolute Gasteiger partial charge is 0.417 e. The van der Waals surface area contributed by atoms with Crippen molar-refractivity contribution in [1.29, 1.82) is 0 Å². The number of hydrogen-bond donors (Lipinski definition) is 3. The SMILES string of the molecule is CCN(CC)Cc1ccc(Oc2ccc(C(F)(F)F)c3cc(C(=O)N=C(N)NC)[nH]c23)cc1. The summed E-state index contributed by atoms with van der Waals surface area (Å²) in [4.78, 5) is 20.9. The molecule has 0 fully saturated rings. The van der Waals surface area contributed by atoms with Crippen LogP contribution in [0.3, 0.4) is 0 Å². The minimum atomic E-state index is -4.61. The summed E-state index contributed by atoms with van der Waals surface area (Å²) in [6, 6.07) is 10.6. The van der Waals surface area contributed by atoms with Crippen molar-refractivity contribution in [3.8, 4) is 11.5 Å². The van der Waals surface area contributed by atoms with E-state index in [0.29, 0.717) is 5.75 Å². The Balaban J connectivity index is 1.97. The van der Waals surface area contributed by atoms with Gasteiger partial charge < -0.3 is 20.8 Å². The molecular formula is C23H26F3N5O2. The molecule has 0 unspecified atom stereocenters. The Morgan fingerprint density at radius 2 is 1.82 bits per heavy atom. The number of benzene rings is 2. The number of nitrogens with one attached hydrogen (secondary N) is 2. The quantitative estimate of drug-likeness (QED) is 0.356. The van der Waals surface area contributed by atoms with Crippen LogP contribution in [-0.2, 0) is 12.7 Å². The molecule has 1 amide bonds. The fourth-order valence-corrected chi connectivity index (χ4v) is 3.36. The van der Waals surface area contributed by atoms with Gasteiger partial charge in [-0.3, -0.25) is 9.69 Å². The van der Waals surface area contributed by atoms with Crippen molar-refractivity contribution in [2.45, 2.75) is 26.6 Å². The molecule has 7 nitrogen and oxygen atoms in total. The van der Waals surface area contributed by atoms with E-state index in [1.165, 1.54) is 13.1 Å². The van der Waals surface area contributed by atoms with E-state index in [9.17, 15) is 18.0 Å². The molecule has 33 heavy (non-hydrogen) atoms. The summed E-state index contributed by atoms with van der Waals surface area (Å²) in [5.74, 6) is -0.354. The Morgan fingerprint density at radius 1 is 1.15 bits per heavy atom. The zero-order valence-corrected chi connectivity index (χ0v) is 18.6. The molecule has 0 aliphatic carbocycles. The van der Waals surface area contributed by atoms with Crippen molar-refractivity contribution in [1.82, 2.24) is 15.2 Å². The molecule has 10 heteroatoms. The molecule has 176 valence electrons. The van der Waals surface area contributed by atoms with Crippen molar-refractivity contribution >= 4 is 22.8 Å². The second kappa shape index (κ2) is 9.95. The first-order valence-electron chi connectivity index (χ1n) is 10.4. The van der Waals surface area contributed by atoms with Crippen LogP contribution in [0, 0.1) is 0 Å². The van der Waals surface area contributed by atoms with Crippen LogP contribution in [0.5, 0.6) is 11.5 Å². The zero-order valence-electron chi connectivity index (χ0n) is 18.6. The molecule has 0 aliphatic heterocycles. The molecule has 1 aromatic heterocycles. The third-order valence-corrected chi connectivity index (χ3v) is 5.22. The van der Waals surface area contributed by atoms with Gasteiger partial charge in [-0.05, 0) is 49.0 Å². The number of nitrogens with two attached hydrogens (primary N) is 1. The van der Waals surface area contributed by atoms with Crippen molar-refractivity contribution in [2.75, 3.05) is 20.1 Å². The molecule has 0 atom stereocenters. The molecule has 4 N–H and O–H groups in total. The number of carbonyl (C=O) groups excluding carboxylic acids is 1. The van der Waals surface area contributed by atoms with Crippen LogP contribution >= 0.6 is 0 Å². The maximum atomic E-state index is 13.6. The summed E-state index contributed by atoms with van der Waals surface area (Å²) in [7, 11) is 1.47. The number of hydrogen-bond acceptors (Lipinski definition) is 3. The third-order valence-electron chi connectivity index (χ3n) is 5.22. The molecule has 0 spiro atoms. The highest BCUT2D eigenvalue weighted by atomic mass is 19.4. The Bertz CT molecular complexity index is 1150. The number of carbonyl (C=O) groups is 1. The molecule has 2 aromatic carbocycles. The van der Waals surface area contributed by atoms with Gasteiger partial charge in [0.1, 0.15) is 11.4 Å². The van der Waals surface area contributed by atoms with Crippen molar-refractivity contribution < 1.29 is 22.7 Å². The molecule has 0 saturated heterocycles. The Kier molecular flexibility index (Phi) is 7.27. The topological polar surface area (TPSA) is 95.7 Å². The number of alkyl halides is 3. The number of guanidine groups is 1. The average molecular weight is 461 g/mol. The van der Waals surface area contributed by atoms with Crippen LogP contribution < -0.4 is 15.8 Å². The molecule has 0 saturated carbocycles. The van der Waals surface area contributed by atoms with E-state index in [1.54, 1.807) is 12.1 Å². The van der Waals surface area contributed by atoms with E-state index < -0.39 is 17.6 Å². The monoisotopic (exact) mass is 461 g/mol. The molecule has 1 heterocycles. The van der Waals surface area contributed by atoms with Gasteiger partial charge in [0.15, 0.2) is 11.7 Å². The molecular weight excluding hydrogens is 435 g/mol. The normalized spacial score (nSPS) is 12.4. The standard InChI is InChI=1S/C23H26F3N5O2/c1-4-31(5-2)13-14-6-8-15(9-7-14)33-19-11-10-17(23(24,25)26)16-12-18(29-20(16)19)21(32)30-22(27)28-3/h6-12,29H,4-5,13H2,1-3H3,(H3,27,28,30,32). The van der Waals surface area contributed by atoms with E-state index in [2.05, 4.69) is 34.0 Å². The highest BCUT2D eigenvalue weighted by Gasteiger charge is 2.34. The van der Waals surface area contributed by atoms with Gasteiger partial charge in [0.25, 0.3) is 5.91 Å². The number of aromatic amines is 1. The highest BCUT2D eigenvalue weighted by molar-refractivity contribution is 6.05. The third kappa shape index (κ3) is 5.64. The summed E-state index contributed by atoms with van der Waals surface area (Å²) in [6.45, 7) is 6.82. The lowest BCUT2D eigenvalue weighted by molar-refractivity contribution is -0.136. The van der Waals surface area contributed by atoms with E-state index in [1.807, 2.05) is 12.1 Å². The van der Waals surface area contributed by atoms with Gasteiger partial charge in [-0.2, -0.15) is 18.2 Å². The van der Waals surface area contributed by atoms with Crippen LogP contribution in [0.15, 0.2) is 47.5 Å². The van der Waals surface area contributed by atoms with E-state index in [4.69, 9.17) is 10.5 Å². The number of H-pyrrole nitrogens is 1. The Morgan fingerprint density at radius 3 is 2.39 bits per heavy atom. The first-order valence-corrected chi connectivity index (χ1v) is 10.4. The van der Waals surface area contributed by atoms with E-state index in [0.717, 1.165) is 37.3 Å². The summed E-state index contributed by atoms with van der Waals surface area (Å²) in [5.41, 5.74) is 5.60. The molecule has 3 rings (SSSR count). The van der Waals surface area contributed by atoms with Crippen molar-refractivity contribution in [2.24, 2.45) is 10.7 Å². The van der Waals surface area contributed by atoms with Crippen LogP contribution in [-0.4, -0.2) is 41.9 Å². The van der Waals surface area contributed by atoms with Crippen molar-refractivity contribution in [3.05, 3.63) is 59.3 Å². The van der Waals surface area contributed by atoms with Gasteiger partial charge in [0.2, 0.25) is 0 Å². The molecule has 3 aromatic rings. The maximum Gasteiger partial charge on any atom is 0.417 e. The van der Waals surface area contributed by atoms with Crippen LogP contribution in [0.2, 0.25) is 0 Å². The number of aliphatic imine (C=N–C) groups is 1. The van der Waals surface area contributed by atoms with Gasteiger partial charge in [-0.25, -0.2) is 0 Å². The van der Waals surface area contributed by atoms with Crippen LogP contribution in [0.25, 0.3) is 10.9 Å². The first kappa shape index (κ1) is 24.1. The Labute approximate surface area is 189 Å². The number of ether oxygens (including phenoxy) is 1.